The fraction of sp³-hybridized carbons (Fsp3) is 0.294. The van der Waals surface area contributed by atoms with E-state index in [0.29, 0.717) is 17.2 Å². The van der Waals surface area contributed by atoms with E-state index >= 15 is 0 Å². The summed E-state index contributed by atoms with van der Waals surface area (Å²) in [4.78, 5) is 16.6. The van der Waals surface area contributed by atoms with Crippen molar-refractivity contribution in [2.24, 2.45) is 0 Å². The Morgan fingerprint density at radius 2 is 2.05 bits per heavy atom. The molecule has 0 N–H and O–H groups in total. The molecule has 0 spiro atoms. The minimum absolute atomic E-state index is 0.314. The lowest BCUT2D eigenvalue weighted by Crippen LogP contribution is -2.10. The van der Waals surface area contributed by atoms with Crippen LogP contribution in [0.2, 0.25) is 5.02 Å². The highest BCUT2D eigenvalue weighted by Gasteiger charge is 2.14. The van der Waals surface area contributed by atoms with E-state index in [1.54, 1.807) is 13.0 Å². The van der Waals surface area contributed by atoms with E-state index in [9.17, 15) is 4.79 Å². The number of hydrogen-bond donors (Lipinski definition) is 0. The third-order valence-corrected chi connectivity index (χ3v) is 3.31. The fourth-order valence-electron chi connectivity index (χ4n) is 2.13. The molecule has 0 fully saturated rings. The monoisotopic (exact) mass is 303 g/mol. The van der Waals surface area contributed by atoms with Gasteiger partial charge in [-0.05, 0) is 37.6 Å². The van der Waals surface area contributed by atoms with Crippen molar-refractivity contribution in [1.82, 2.24) is 4.98 Å². The first-order valence-corrected chi connectivity index (χ1v) is 7.46. The molecular weight excluding hydrogens is 286 g/mol. The van der Waals surface area contributed by atoms with Gasteiger partial charge in [0.05, 0.1) is 23.6 Å². The van der Waals surface area contributed by atoms with Crippen molar-refractivity contribution in [2.45, 2.75) is 26.7 Å². The number of carbonyl (C=O) groups excluding carboxylic acids is 1. The Hall–Kier alpha value is -1.87. The number of benzene rings is 1. The van der Waals surface area contributed by atoms with Crippen molar-refractivity contribution in [1.29, 1.82) is 0 Å². The maximum atomic E-state index is 12.0. The van der Waals surface area contributed by atoms with Crippen LogP contribution >= 0.6 is 11.6 Å². The summed E-state index contributed by atoms with van der Waals surface area (Å²) in [5.41, 5.74) is 3.07. The third-order valence-electron chi connectivity index (χ3n) is 3.08. The van der Waals surface area contributed by atoms with Crippen molar-refractivity contribution in [3.05, 3.63) is 52.7 Å². The van der Waals surface area contributed by atoms with Gasteiger partial charge in [-0.15, -0.1) is 0 Å². The van der Waals surface area contributed by atoms with Crippen LogP contribution in [0.25, 0.3) is 11.3 Å². The van der Waals surface area contributed by atoms with E-state index in [4.69, 9.17) is 16.3 Å². The largest absolute Gasteiger partial charge is 0.462 e. The van der Waals surface area contributed by atoms with Crippen molar-refractivity contribution in [2.75, 3.05) is 6.61 Å². The summed E-state index contributed by atoms with van der Waals surface area (Å²) in [5, 5.41) is 0.667. The SMILES string of the molecule is CCCc1nc(-c2cccc(Cl)c2)ccc1C(=O)OCC. The van der Waals surface area contributed by atoms with E-state index in [2.05, 4.69) is 11.9 Å². The average molecular weight is 304 g/mol. The molecule has 0 aliphatic heterocycles. The van der Waals surface area contributed by atoms with Crippen LogP contribution in [-0.4, -0.2) is 17.6 Å². The molecule has 0 aliphatic carbocycles. The zero-order chi connectivity index (χ0) is 15.2. The first-order chi connectivity index (χ1) is 10.2. The molecule has 0 unspecified atom stereocenters. The summed E-state index contributed by atoms with van der Waals surface area (Å²) in [5.74, 6) is -0.314. The van der Waals surface area contributed by atoms with Crippen LogP contribution in [-0.2, 0) is 11.2 Å². The molecule has 0 atom stereocenters. The van der Waals surface area contributed by atoms with E-state index in [1.165, 1.54) is 0 Å². The molecule has 2 aromatic rings. The summed E-state index contributed by atoms with van der Waals surface area (Å²) >= 11 is 6.02. The van der Waals surface area contributed by atoms with Crippen LogP contribution < -0.4 is 0 Å². The van der Waals surface area contributed by atoms with Gasteiger partial charge in [0.1, 0.15) is 0 Å². The molecule has 0 saturated heterocycles. The number of carbonyl (C=O) groups is 1. The lowest BCUT2D eigenvalue weighted by molar-refractivity contribution is 0.0524. The van der Waals surface area contributed by atoms with Crippen molar-refractivity contribution >= 4 is 17.6 Å². The number of ether oxygens (including phenoxy) is 1. The van der Waals surface area contributed by atoms with Gasteiger partial charge >= 0.3 is 5.97 Å². The van der Waals surface area contributed by atoms with Gasteiger partial charge in [-0.3, -0.25) is 4.98 Å². The molecule has 0 radical (unpaired) electrons. The summed E-state index contributed by atoms with van der Waals surface area (Å²) < 4.78 is 5.08. The van der Waals surface area contributed by atoms with Crippen molar-refractivity contribution < 1.29 is 9.53 Å². The fourth-order valence-corrected chi connectivity index (χ4v) is 2.32. The molecular formula is C17H18ClNO2. The second-order valence-corrected chi connectivity index (χ2v) is 5.11. The maximum absolute atomic E-state index is 12.0. The second kappa shape index (κ2) is 7.23. The highest BCUT2D eigenvalue weighted by molar-refractivity contribution is 6.30. The molecule has 110 valence electrons. The summed E-state index contributed by atoms with van der Waals surface area (Å²) in [6, 6.07) is 11.1. The molecule has 0 bridgehead atoms. The standard InChI is InChI=1S/C17H18ClNO2/c1-3-6-16-14(17(20)21-4-2)9-10-15(19-16)12-7-5-8-13(18)11-12/h5,7-11H,3-4,6H2,1-2H3. The van der Waals surface area contributed by atoms with Crippen LogP contribution in [0, 0.1) is 0 Å². The molecule has 2 rings (SSSR count). The topological polar surface area (TPSA) is 39.2 Å². The number of esters is 1. The number of aromatic nitrogens is 1. The van der Waals surface area contributed by atoms with Gasteiger partial charge in [0, 0.05) is 10.6 Å². The number of hydrogen-bond acceptors (Lipinski definition) is 3. The van der Waals surface area contributed by atoms with Gasteiger partial charge in [-0.2, -0.15) is 0 Å². The predicted molar refractivity (Wildman–Crippen MR) is 84.6 cm³/mol. The van der Waals surface area contributed by atoms with Gasteiger partial charge in [-0.25, -0.2) is 4.79 Å². The van der Waals surface area contributed by atoms with Crippen LogP contribution in [0.15, 0.2) is 36.4 Å². The number of halogens is 1. The van der Waals surface area contributed by atoms with Crippen molar-refractivity contribution in [3.8, 4) is 11.3 Å². The Morgan fingerprint density at radius 3 is 2.71 bits per heavy atom. The smallest absolute Gasteiger partial charge is 0.339 e. The Morgan fingerprint density at radius 1 is 1.24 bits per heavy atom. The van der Waals surface area contributed by atoms with Crippen LogP contribution in [0.3, 0.4) is 0 Å². The first kappa shape index (κ1) is 15.5. The Balaban J connectivity index is 2.42. The lowest BCUT2D eigenvalue weighted by atomic mass is 10.1. The van der Waals surface area contributed by atoms with Gasteiger partial charge in [-0.1, -0.05) is 37.1 Å². The van der Waals surface area contributed by atoms with Gasteiger partial charge in [0.15, 0.2) is 0 Å². The highest BCUT2D eigenvalue weighted by atomic mass is 35.5. The van der Waals surface area contributed by atoms with Crippen molar-refractivity contribution in [3.63, 3.8) is 0 Å². The van der Waals surface area contributed by atoms with E-state index in [0.717, 1.165) is 29.8 Å². The van der Waals surface area contributed by atoms with E-state index in [1.807, 2.05) is 30.3 Å². The van der Waals surface area contributed by atoms with Crippen LogP contribution in [0.1, 0.15) is 36.3 Å². The normalized spacial score (nSPS) is 10.4. The predicted octanol–water partition coefficient (Wildman–Crippen LogP) is 4.53. The first-order valence-electron chi connectivity index (χ1n) is 7.08. The highest BCUT2D eigenvalue weighted by Crippen LogP contribution is 2.23. The molecule has 0 saturated carbocycles. The van der Waals surface area contributed by atoms with E-state index < -0.39 is 0 Å². The quantitative estimate of drug-likeness (QED) is 0.762. The number of rotatable bonds is 5. The minimum Gasteiger partial charge on any atom is -0.462 e. The molecule has 0 amide bonds. The molecule has 1 aromatic carbocycles. The second-order valence-electron chi connectivity index (χ2n) is 4.67. The maximum Gasteiger partial charge on any atom is 0.339 e. The van der Waals surface area contributed by atoms with Gasteiger partial charge in [0.2, 0.25) is 0 Å². The Labute approximate surface area is 129 Å². The number of aryl methyl sites for hydroxylation is 1. The molecule has 1 aromatic heterocycles. The number of nitrogens with zero attached hydrogens (tertiary/aromatic N) is 1. The zero-order valence-electron chi connectivity index (χ0n) is 12.2. The molecule has 4 heteroatoms. The van der Waals surface area contributed by atoms with Crippen LogP contribution in [0.4, 0.5) is 0 Å². The summed E-state index contributed by atoms with van der Waals surface area (Å²) in [7, 11) is 0. The molecule has 0 aliphatic rings. The van der Waals surface area contributed by atoms with Gasteiger partial charge < -0.3 is 4.74 Å². The minimum atomic E-state index is -0.314. The molecule has 3 nitrogen and oxygen atoms in total. The van der Waals surface area contributed by atoms with Gasteiger partial charge in [0.25, 0.3) is 0 Å². The summed E-state index contributed by atoms with van der Waals surface area (Å²) in [6.07, 6.45) is 1.65. The third kappa shape index (κ3) is 3.82. The molecule has 21 heavy (non-hydrogen) atoms. The van der Waals surface area contributed by atoms with Crippen LogP contribution in [0.5, 0.6) is 0 Å². The Bertz CT molecular complexity index is 640. The average Bonchev–Trinajstić information content (AvgIpc) is 2.48. The zero-order valence-corrected chi connectivity index (χ0v) is 13.0. The lowest BCUT2D eigenvalue weighted by Gasteiger charge is -2.10. The van der Waals surface area contributed by atoms with E-state index in [-0.39, 0.29) is 5.97 Å². The Kier molecular flexibility index (Phi) is 5.34. The molecule has 1 heterocycles. The number of pyridine rings is 1. The summed E-state index contributed by atoms with van der Waals surface area (Å²) in [6.45, 7) is 4.22.